The lowest BCUT2D eigenvalue weighted by atomic mass is 10.1. The maximum Gasteiger partial charge on any atom is 0.337 e. The van der Waals surface area contributed by atoms with Gasteiger partial charge < -0.3 is 14.4 Å². The molecular weight excluding hydrogens is 358 g/mol. The van der Waals surface area contributed by atoms with Crippen molar-refractivity contribution in [1.29, 1.82) is 0 Å². The van der Waals surface area contributed by atoms with Gasteiger partial charge in [0.25, 0.3) is 5.56 Å². The minimum atomic E-state index is -0.455. The molecule has 2 aromatic carbocycles. The van der Waals surface area contributed by atoms with Gasteiger partial charge in [-0.25, -0.2) is 14.3 Å². The number of methoxy groups -OCH3 is 2. The highest BCUT2D eigenvalue weighted by molar-refractivity contribution is 5.94. The van der Waals surface area contributed by atoms with Crippen LogP contribution in [0.2, 0.25) is 0 Å². The van der Waals surface area contributed by atoms with Crippen LogP contribution in [-0.2, 0) is 4.74 Å². The second kappa shape index (κ2) is 7.34. The molecule has 0 unspecified atom stereocenters. The third kappa shape index (κ3) is 3.09. The molecule has 1 aliphatic heterocycles. The molecule has 4 rings (SSSR count). The van der Waals surface area contributed by atoms with Crippen LogP contribution < -0.4 is 15.2 Å². The van der Waals surface area contributed by atoms with Gasteiger partial charge >= 0.3 is 5.97 Å². The highest BCUT2D eigenvalue weighted by Crippen LogP contribution is 2.25. The first-order chi connectivity index (χ1) is 13.6. The maximum atomic E-state index is 13.4. The quantitative estimate of drug-likeness (QED) is 0.649. The van der Waals surface area contributed by atoms with E-state index in [0.29, 0.717) is 33.9 Å². The summed E-state index contributed by atoms with van der Waals surface area (Å²) >= 11 is 0. The summed E-state index contributed by atoms with van der Waals surface area (Å²) < 4.78 is 11.7. The highest BCUT2D eigenvalue weighted by atomic mass is 16.5. The molecule has 0 spiro atoms. The zero-order valence-electron chi connectivity index (χ0n) is 15.8. The molecule has 0 atom stereocenters. The van der Waals surface area contributed by atoms with Gasteiger partial charge in [-0.2, -0.15) is 0 Å². The Bertz CT molecular complexity index is 1100. The van der Waals surface area contributed by atoms with Crippen LogP contribution in [-0.4, -0.2) is 42.8 Å². The summed E-state index contributed by atoms with van der Waals surface area (Å²) in [5, 5.41) is 0.443. The van der Waals surface area contributed by atoms with E-state index >= 15 is 0 Å². The van der Waals surface area contributed by atoms with Crippen LogP contribution in [0, 0.1) is 0 Å². The lowest BCUT2D eigenvalue weighted by Gasteiger charge is -2.22. The second-order valence-corrected chi connectivity index (χ2v) is 6.67. The predicted molar refractivity (Wildman–Crippen MR) is 107 cm³/mol. The van der Waals surface area contributed by atoms with Gasteiger partial charge in [0.15, 0.2) is 0 Å². The third-order valence-electron chi connectivity index (χ3n) is 4.97. The van der Waals surface area contributed by atoms with Crippen LogP contribution in [0.5, 0.6) is 5.75 Å². The molecule has 7 nitrogen and oxygen atoms in total. The molecule has 1 fully saturated rings. The van der Waals surface area contributed by atoms with Gasteiger partial charge in [-0.1, -0.05) is 6.07 Å². The van der Waals surface area contributed by atoms with Crippen LogP contribution in [0.3, 0.4) is 0 Å². The van der Waals surface area contributed by atoms with E-state index in [-0.39, 0.29) is 5.56 Å². The molecule has 0 bridgehead atoms. The van der Waals surface area contributed by atoms with Gasteiger partial charge in [0, 0.05) is 19.2 Å². The Kier molecular flexibility index (Phi) is 4.73. The van der Waals surface area contributed by atoms with Gasteiger partial charge in [0.05, 0.1) is 36.4 Å². The Labute approximate surface area is 162 Å². The number of nitrogens with zero attached hydrogens (tertiary/aromatic N) is 3. The molecule has 1 saturated heterocycles. The average molecular weight is 379 g/mol. The Balaban J connectivity index is 1.98. The van der Waals surface area contributed by atoms with Gasteiger partial charge in [-0.15, -0.1) is 0 Å². The lowest BCUT2D eigenvalue weighted by Crippen LogP contribution is -2.30. The fraction of sp³-hybridized carbons (Fsp3) is 0.286. The Hall–Kier alpha value is -3.35. The van der Waals surface area contributed by atoms with Crippen LogP contribution in [0.15, 0.2) is 47.3 Å². The largest absolute Gasteiger partial charge is 0.497 e. The summed E-state index contributed by atoms with van der Waals surface area (Å²) in [5.74, 6) is 0.784. The van der Waals surface area contributed by atoms with E-state index in [4.69, 9.17) is 14.5 Å². The lowest BCUT2D eigenvalue weighted by molar-refractivity contribution is 0.0601. The smallest absolute Gasteiger partial charge is 0.337 e. The van der Waals surface area contributed by atoms with Gasteiger partial charge in [-0.3, -0.25) is 4.79 Å². The van der Waals surface area contributed by atoms with E-state index in [1.807, 2.05) is 24.3 Å². The van der Waals surface area contributed by atoms with Crippen molar-refractivity contribution in [2.45, 2.75) is 12.8 Å². The third-order valence-corrected chi connectivity index (χ3v) is 4.97. The summed E-state index contributed by atoms with van der Waals surface area (Å²) in [6.07, 6.45) is 2.10. The summed E-state index contributed by atoms with van der Waals surface area (Å²) in [4.78, 5) is 32.2. The first-order valence-electron chi connectivity index (χ1n) is 9.17. The summed E-state index contributed by atoms with van der Waals surface area (Å²) in [6.45, 7) is 1.66. The van der Waals surface area contributed by atoms with Crippen LogP contribution in [0.25, 0.3) is 16.6 Å². The Morgan fingerprint density at radius 1 is 1.07 bits per heavy atom. The topological polar surface area (TPSA) is 73.7 Å². The molecule has 7 heteroatoms. The fourth-order valence-electron chi connectivity index (χ4n) is 3.53. The van der Waals surface area contributed by atoms with Crippen molar-refractivity contribution in [3.05, 3.63) is 58.4 Å². The molecule has 0 radical (unpaired) electrons. The van der Waals surface area contributed by atoms with E-state index in [9.17, 15) is 9.59 Å². The summed E-state index contributed by atoms with van der Waals surface area (Å²) in [5.41, 5.74) is 1.36. The molecule has 0 aliphatic carbocycles. The molecule has 144 valence electrons. The van der Waals surface area contributed by atoms with Crippen molar-refractivity contribution in [3.8, 4) is 11.4 Å². The van der Waals surface area contributed by atoms with Gasteiger partial charge in [0.2, 0.25) is 5.95 Å². The second-order valence-electron chi connectivity index (χ2n) is 6.67. The number of rotatable bonds is 4. The Morgan fingerprint density at radius 2 is 1.86 bits per heavy atom. The molecule has 1 aromatic heterocycles. The number of hydrogen-bond donors (Lipinski definition) is 0. The summed E-state index contributed by atoms with van der Waals surface area (Å²) in [7, 11) is 2.92. The van der Waals surface area contributed by atoms with Crippen molar-refractivity contribution in [2.75, 3.05) is 32.2 Å². The molecule has 0 saturated carbocycles. The molecule has 2 heterocycles. The van der Waals surface area contributed by atoms with E-state index < -0.39 is 5.97 Å². The number of esters is 1. The molecular formula is C21H21N3O4. The van der Waals surface area contributed by atoms with Crippen molar-refractivity contribution in [1.82, 2.24) is 9.55 Å². The molecule has 0 amide bonds. The van der Waals surface area contributed by atoms with E-state index in [1.54, 1.807) is 29.9 Å². The molecule has 1 aliphatic rings. The zero-order chi connectivity index (χ0) is 19.7. The minimum absolute atomic E-state index is 0.184. The van der Waals surface area contributed by atoms with Crippen LogP contribution in [0.1, 0.15) is 23.2 Å². The molecule has 3 aromatic rings. The zero-order valence-corrected chi connectivity index (χ0v) is 15.8. The van der Waals surface area contributed by atoms with E-state index in [0.717, 1.165) is 25.9 Å². The number of carbonyl (C=O) groups excluding carboxylic acids is 1. The number of aromatic nitrogens is 2. The van der Waals surface area contributed by atoms with Crippen LogP contribution >= 0.6 is 0 Å². The minimum Gasteiger partial charge on any atom is -0.497 e. The van der Waals surface area contributed by atoms with Crippen molar-refractivity contribution in [2.24, 2.45) is 0 Å². The number of fused-ring (bicyclic) bond motifs is 1. The first kappa shape index (κ1) is 18.0. The van der Waals surface area contributed by atoms with Gasteiger partial charge in [-0.05, 0) is 43.2 Å². The first-order valence-corrected chi connectivity index (χ1v) is 9.17. The number of anilines is 1. The highest BCUT2D eigenvalue weighted by Gasteiger charge is 2.22. The number of benzene rings is 2. The molecule has 28 heavy (non-hydrogen) atoms. The number of hydrogen-bond acceptors (Lipinski definition) is 6. The maximum absolute atomic E-state index is 13.4. The van der Waals surface area contributed by atoms with Crippen molar-refractivity contribution in [3.63, 3.8) is 0 Å². The fourth-order valence-corrected chi connectivity index (χ4v) is 3.53. The van der Waals surface area contributed by atoms with Crippen molar-refractivity contribution >= 4 is 22.8 Å². The average Bonchev–Trinajstić information content (AvgIpc) is 3.27. The Morgan fingerprint density at radius 3 is 2.57 bits per heavy atom. The molecule has 0 N–H and O–H groups in total. The van der Waals surface area contributed by atoms with Crippen LogP contribution in [0.4, 0.5) is 5.95 Å². The van der Waals surface area contributed by atoms with E-state index in [2.05, 4.69) is 4.90 Å². The SMILES string of the molecule is COC(=O)c1ccc2c(=O)n(-c3cccc(OC)c3)c(N3CCCC3)nc2c1. The normalized spacial score (nSPS) is 13.7. The predicted octanol–water partition coefficient (Wildman–Crippen LogP) is 2.78. The monoisotopic (exact) mass is 379 g/mol. The summed E-state index contributed by atoms with van der Waals surface area (Å²) in [6, 6.07) is 12.2. The number of ether oxygens (including phenoxy) is 2. The number of carbonyl (C=O) groups is 1. The van der Waals surface area contributed by atoms with Gasteiger partial charge in [0.1, 0.15) is 5.75 Å². The standard InChI is InChI=1S/C21H21N3O4/c1-27-16-7-5-6-15(13-16)24-19(25)17-9-8-14(20(26)28-2)12-18(17)22-21(24)23-10-3-4-11-23/h5-9,12-13H,3-4,10-11H2,1-2H3. The van der Waals surface area contributed by atoms with Crippen molar-refractivity contribution < 1.29 is 14.3 Å². The van der Waals surface area contributed by atoms with E-state index in [1.165, 1.54) is 7.11 Å².